The van der Waals surface area contributed by atoms with E-state index in [1.807, 2.05) is 0 Å². The molecule has 0 radical (unpaired) electrons. The number of carboxylic acids is 1. The average molecular weight is 782 g/mol. The zero-order chi connectivity index (χ0) is 41.3. The quantitative estimate of drug-likeness (QED) is 0.0208. The lowest BCUT2D eigenvalue weighted by Crippen LogP contribution is -2.57. The number of carbonyl (C=O) groups is 6. The van der Waals surface area contributed by atoms with Gasteiger partial charge in [0, 0.05) is 38.0 Å². The molecule has 21 heteroatoms. The first-order valence-corrected chi connectivity index (χ1v) is 18.1. The number of unbranched alkanes of at least 4 members (excludes halogenated alkanes) is 1. The highest BCUT2D eigenvalue weighted by Crippen LogP contribution is 2.17. The van der Waals surface area contributed by atoms with E-state index < -0.39 is 91.4 Å². The number of aliphatic hydroxyl groups is 2. The van der Waals surface area contributed by atoms with E-state index in [0.717, 1.165) is 19.4 Å². The first kappa shape index (κ1) is 48.1. The maximum absolute atomic E-state index is 12.8. The molecule has 0 heterocycles. The van der Waals surface area contributed by atoms with Crippen LogP contribution in [0.1, 0.15) is 69.4 Å². The van der Waals surface area contributed by atoms with Gasteiger partial charge in [0.2, 0.25) is 23.6 Å². The number of hydrogen-bond donors (Lipinski definition) is 15. The van der Waals surface area contributed by atoms with E-state index in [2.05, 4.69) is 31.9 Å². The van der Waals surface area contributed by atoms with Crippen molar-refractivity contribution in [2.24, 2.45) is 22.9 Å². The number of phenolic OH excluding ortho intramolecular Hbond substituents is 1. The first-order valence-electron chi connectivity index (χ1n) is 18.1. The Hall–Kier alpha value is -4.93. The molecule has 0 aliphatic rings. The minimum Gasteiger partial charge on any atom is -0.508 e. The largest absolute Gasteiger partial charge is 0.508 e. The van der Waals surface area contributed by atoms with Crippen molar-refractivity contribution in [1.29, 1.82) is 5.41 Å². The maximum Gasteiger partial charge on any atom is 0.326 e. The minimum atomic E-state index is -1.78. The number of nitrogens with one attached hydrogen (secondary N) is 7. The van der Waals surface area contributed by atoms with Gasteiger partial charge in [-0.2, -0.15) is 0 Å². The summed E-state index contributed by atoms with van der Waals surface area (Å²) < 4.78 is 0. The number of hydrogen-bond acceptors (Lipinski definition) is 14. The zero-order valence-electron chi connectivity index (χ0n) is 30.9. The number of aromatic hydroxyl groups is 1. The molecule has 0 aliphatic heterocycles. The summed E-state index contributed by atoms with van der Waals surface area (Å²) in [4.78, 5) is 73.6. The number of aliphatic hydroxyl groups excluding tert-OH is 2. The van der Waals surface area contributed by atoms with E-state index >= 15 is 0 Å². The molecule has 0 aromatic heterocycles. The van der Waals surface area contributed by atoms with Crippen LogP contribution in [0.15, 0.2) is 24.3 Å². The van der Waals surface area contributed by atoms with Gasteiger partial charge in [0.05, 0.1) is 31.4 Å². The van der Waals surface area contributed by atoms with E-state index in [1.54, 1.807) is 12.1 Å². The van der Waals surface area contributed by atoms with Crippen LogP contribution >= 0.6 is 0 Å². The van der Waals surface area contributed by atoms with Crippen LogP contribution in [0.4, 0.5) is 0 Å². The maximum atomic E-state index is 12.8. The lowest BCUT2D eigenvalue weighted by molar-refractivity contribution is -0.142. The van der Waals surface area contributed by atoms with Gasteiger partial charge in [-0.25, -0.2) is 4.79 Å². The third-order valence-electron chi connectivity index (χ3n) is 8.27. The number of rotatable bonds is 29. The molecule has 0 unspecified atom stereocenters. The Bertz CT molecular complexity index is 1390. The van der Waals surface area contributed by atoms with Crippen molar-refractivity contribution in [1.82, 2.24) is 31.9 Å². The smallest absolute Gasteiger partial charge is 0.326 e. The Morgan fingerprint density at radius 2 is 1.38 bits per heavy atom. The lowest BCUT2D eigenvalue weighted by atomic mass is 10.00. The molecule has 1 aromatic carbocycles. The lowest BCUT2D eigenvalue weighted by Gasteiger charge is -2.23. The van der Waals surface area contributed by atoms with Crippen LogP contribution in [0, 0.1) is 5.41 Å². The van der Waals surface area contributed by atoms with Crippen LogP contribution in [-0.2, 0) is 28.8 Å². The zero-order valence-corrected chi connectivity index (χ0v) is 30.9. The molecular weight excluding hydrogens is 722 g/mol. The number of carboxylic acid groups (broad SMARTS) is 1. The number of carbonyl (C=O) groups excluding carboxylic acids is 5. The molecular formula is C34H59N11O10. The highest BCUT2D eigenvalue weighted by molar-refractivity contribution is 5.92. The molecule has 55 heavy (non-hydrogen) atoms. The fourth-order valence-corrected chi connectivity index (χ4v) is 4.98. The Balaban J connectivity index is 2.37. The molecule has 5 amide bonds. The minimum absolute atomic E-state index is 0.0292. The van der Waals surface area contributed by atoms with Crippen molar-refractivity contribution < 1.29 is 49.2 Å². The number of phenols is 1. The number of aliphatic carboxylic acids is 1. The Labute approximate surface area is 319 Å². The van der Waals surface area contributed by atoms with Gasteiger partial charge < -0.3 is 75.3 Å². The summed E-state index contributed by atoms with van der Waals surface area (Å²) >= 11 is 0. The fraction of sp³-hybridized carbons (Fsp3) is 0.618. The molecule has 0 aliphatic carbocycles. The van der Waals surface area contributed by atoms with Crippen molar-refractivity contribution in [2.75, 3.05) is 39.3 Å². The van der Waals surface area contributed by atoms with E-state index in [-0.39, 0.29) is 43.8 Å². The number of amidine groups is 1. The molecule has 0 saturated carbocycles. The number of benzene rings is 1. The van der Waals surface area contributed by atoms with E-state index in [0.29, 0.717) is 31.5 Å². The van der Waals surface area contributed by atoms with Gasteiger partial charge >= 0.3 is 5.97 Å². The Morgan fingerprint density at radius 3 is 2.02 bits per heavy atom. The van der Waals surface area contributed by atoms with Crippen LogP contribution < -0.4 is 54.8 Å². The molecule has 310 valence electrons. The second kappa shape index (κ2) is 26.8. The van der Waals surface area contributed by atoms with Crippen molar-refractivity contribution in [2.45, 2.75) is 94.2 Å². The Kier molecular flexibility index (Phi) is 23.4. The normalized spacial score (nSPS) is 14.3. The second-order valence-electron chi connectivity index (χ2n) is 13.0. The molecule has 0 fully saturated rings. The van der Waals surface area contributed by atoms with Crippen molar-refractivity contribution in [3.8, 4) is 5.75 Å². The highest BCUT2D eigenvalue weighted by atomic mass is 16.4. The highest BCUT2D eigenvalue weighted by Gasteiger charge is 2.28. The number of nitrogens with two attached hydrogens (primary N) is 4. The summed E-state index contributed by atoms with van der Waals surface area (Å²) in [7, 11) is 0. The van der Waals surface area contributed by atoms with Gasteiger partial charge in [0.15, 0.2) is 0 Å². The first-order chi connectivity index (χ1) is 26.0. The van der Waals surface area contributed by atoms with E-state index in [1.165, 1.54) is 12.1 Å². The fourth-order valence-electron chi connectivity index (χ4n) is 4.98. The molecule has 0 saturated heterocycles. The van der Waals surface area contributed by atoms with Crippen molar-refractivity contribution >= 4 is 41.3 Å². The Morgan fingerprint density at radius 1 is 0.745 bits per heavy atom. The summed E-state index contributed by atoms with van der Waals surface area (Å²) in [5, 5.41) is 61.9. The summed E-state index contributed by atoms with van der Waals surface area (Å²) in [5.74, 6) is -4.80. The van der Waals surface area contributed by atoms with Crippen LogP contribution in [0.3, 0.4) is 0 Å². The molecule has 0 bridgehead atoms. The molecule has 21 nitrogen and oxygen atoms in total. The monoisotopic (exact) mass is 781 g/mol. The summed E-state index contributed by atoms with van der Waals surface area (Å²) in [6.45, 7) is 0.589. The van der Waals surface area contributed by atoms with Crippen LogP contribution in [0.2, 0.25) is 0 Å². The summed E-state index contributed by atoms with van der Waals surface area (Å²) in [6.07, 6.45) is -0.661. The van der Waals surface area contributed by atoms with Crippen LogP contribution in [0.25, 0.3) is 0 Å². The molecule has 6 atom stereocenters. The number of amides is 5. The SMILES string of the molecule is N=C(N)CCCCNCCCNC(=O)CNC(=O)C[C@@H](O)[C@@H](N)CCC[C@@H](NC(=O)[C@H](CN)NC(=O)[C@@H](O)CNC(=O)C[C@H](N)c1ccc(O)cc1)C(=O)O. The van der Waals surface area contributed by atoms with Gasteiger partial charge in [-0.3, -0.25) is 29.4 Å². The molecule has 19 N–H and O–H groups in total. The second-order valence-corrected chi connectivity index (χ2v) is 13.0. The van der Waals surface area contributed by atoms with Gasteiger partial charge in [0.1, 0.15) is 23.9 Å². The van der Waals surface area contributed by atoms with Crippen molar-refractivity contribution in [3.05, 3.63) is 29.8 Å². The standard InChI is InChI=1S/C34H59N11O10/c35-17-25(45-33(53)27(48)18-42-29(49)15-23(37)20-8-10-21(46)11-9-20)32(52)44-24(34(54)55)6-3-5-22(36)26(47)16-30(50)43-19-31(51)41-14-4-13-40-12-2-1-7-28(38)39/h8-11,22-27,40,46-48H,1-7,12-19,35-37H2,(H3,38,39)(H,41,51)(H,42,49)(H,43,50)(H,44,52)(H,45,53)(H,54,55)/t22-,23-,24+,25-,26+,27-/m0/s1. The molecule has 1 aromatic rings. The third kappa shape index (κ3) is 21.5. The summed E-state index contributed by atoms with van der Waals surface area (Å²) in [6, 6.07) is 1.41. The van der Waals surface area contributed by atoms with Gasteiger partial charge in [-0.05, 0) is 69.3 Å². The summed E-state index contributed by atoms with van der Waals surface area (Å²) in [5.41, 5.74) is 23.5. The van der Waals surface area contributed by atoms with E-state index in [4.69, 9.17) is 28.3 Å². The van der Waals surface area contributed by atoms with Crippen LogP contribution in [0.5, 0.6) is 5.75 Å². The van der Waals surface area contributed by atoms with Crippen molar-refractivity contribution in [3.63, 3.8) is 0 Å². The van der Waals surface area contributed by atoms with Gasteiger partial charge in [-0.15, -0.1) is 0 Å². The third-order valence-corrected chi connectivity index (χ3v) is 8.27. The molecule has 1 rings (SSSR count). The van der Waals surface area contributed by atoms with Gasteiger partial charge in [0.25, 0.3) is 5.91 Å². The predicted octanol–water partition coefficient (Wildman–Crippen LogP) is -4.16. The van der Waals surface area contributed by atoms with E-state index in [9.17, 15) is 49.2 Å². The predicted molar refractivity (Wildman–Crippen MR) is 201 cm³/mol. The van der Waals surface area contributed by atoms with Gasteiger partial charge in [-0.1, -0.05) is 12.1 Å². The topological polar surface area (TPSA) is 383 Å². The average Bonchev–Trinajstić information content (AvgIpc) is 3.13. The van der Waals surface area contributed by atoms with Crippen LogP contribution in [-0.4, -0.2) is 131 Å². The molecule has 0 spiro atoms.